The van der Waals surface area contributed by atoms with Crippen molar-refractivity contribution >= 4 is 27.5 Å². The number of amides is 1. The van der Waals surface area contributed by atoms with Gasteiger partial charge in [0.2, 0.25) is 0 Å². The molecule has 0 saturated heterocycles. The van der Waals surface area contributed by atoms with E-state index in [0.29, 0.717) is 12.0 Å². The number of para-hydroxylation sites is 1. The van der Waals surface area contributed by atoms with Crippen molar-refractivity contribution in [1.29, 1.82) is 0 Å². The largest absolute Gasteiger partial charge is 0.339 e. The van der Waals surface area contributed by atoms with Gasteiger partial charge in [-0.25, -0.2) is 0 Å². The Hall–Kier alpha value is -1.55. The first-order valence-corrected chi connectivity index (χ1v) is 8.13. The molecule has 4 heteroatoms. The van der Waals surface area contributed by atoms with E-state index >= 15 is 0 Å². The number of carbonyl (C=O) groups is 1. The monoisotopic (exact) mass is 346 g/mol. The first kappa shape index (κ1) is 14.4. The van der Waals surface area contributed by atoms with Crippen molar-refractivity contribution in [2.45, 2.75) is 38.6 Å². The van der Waals surface area contributed by atoms with Gasteiger partial charge in [0.25, 0.3) is 5.91 Å². The van der Waals surface area contributed by atoms with E-state index in [1.807, 2.05) is 30.5 Å². The van der Waals surface area contributed by atoms with Crippen molar-refractivity contribution in [2.75, 3.05) is 5.32 Å². The SMILES string of the molecule is CC(C)c1ccccc1NC(=O)c1cc(Br)cn1C1CC1. The van der Waals surface area contributed by atoms with Crippen molar-refractivity contribution < 1.29 is 4.79 Å². The smallest absolute Gasteiger partial charge is 0.272 e. The Morgan fingerprint density at radius 2 is 2.05 bits per heavy atom. The summed E-state index contributed by atoms with van der Waals surface area (Å²) in [6, 6.07) is 10.4. The second-order valence-electron chi connectivity index (χ2n) is 5.88. The van der Waals surface area contributed by atoms with E-state index in [1.54, 1.807) is 0 Å². The predicted octanol–water partition coefficient (Wildman–Crippen LogP) is 4.96. The van der Waals surface area contributed by atoms with E-state index < -0.39 is 0 Å². The van der Waals surface area contributed by atoms with Gasteiger partial charge in [-0.05, 0) is 52.4 Å². The summed E-state index contributed by atoms with van der Waals surface area (Å²) in [6.45, 7) is 4.27. The maximum absolute atomic E-state index is 12.6. The lowest BCUT2D eigenvalue weighted by molar-refractivity contribution is 0.101. The Morgan fingerprint density at radius 3 is 2.71 bits per heavy atom. The minimum Gasteiger partial charge on any atom is -0.339 e. The molecule has 1 aromatic heterocycles. The summed E-state index contributed by atoms with van der Waals surface area (Å²) < 4.78 is 3.04. The molecule has 0 atom stereocenters. The lowest BCUT2D eigenvalue weighted by atomic mass is 10.0. The van der Waals surface area contributed by atoms with Crippen molar-refractivity contribution in [1.82, 2.24) is 4.57 Å². The van der Waals surface area contributed by atoms with Gasteiger partial charge in [0.15, 0.2) is 0 Å². The maximum Gasteiger partial charge on any atom is 0.272 e. The number of carbonyl (C=O) groups excluding carboxylic acids is 1. The molecule has 1 N–H and O–H groups in total. The summed E-state index contributed by atoms with van der Waals surface area (Å²) in [5, 5.41) is 3.06. The highest BCUT2D eigenvalue weighted by molar-refractivity contribution is 9.10. The molecule has 2 aromatic rings. The summed E-state index contributed by atoms with van der Waals surface area (Å²) in [6.07, 6.45) is 4.31. The second-order valence-corrected chi connectivity index (χ2v) is 6.79. The van der Waals surface area contributed by atoms with Crippen LogP contribution in [0.4, 0.5) is 5.69 Å². The topological polar surface area (TPSA) is 34.0 Å². The third kappa shape index (κ3) is 3.05. The molecule has 1 heterocycles. The first-order valence-electron chi connectivity index (χ1n) is 7.34. The number of benzene rings is 1. The standard InChI is InChI=1S/C17H19BrN2O/c1-11(2)14-5-3-4-6-15(14)19-17(21)16-9-12(18)10-20(16)13-7-8-13/h3-6,9-11,13H,7-8H2,1-2H3,(H,19,21). The fourth-order valence-electron chi connectivity index (χ4n) is 2.58. The minimum atomic E-state index is -0.0410. The summed E-state index contributed by atoms with van der Waals surface area (Å²) in [7, 11) is 0. The molecule has 1 aliphatic carbocycles. The summed E-state index contributed by atoms with van der Waals surface area (Å²) in [5.74, 6) is 0.337. The normalized spacial score (nSPS) is 14.5. The van der Waals surface area contributed by atoms with Crippen LogP contribution in [-0.2, 0) is 0 Å². The molecule has 3 nitrogen and oxygen atoms in total. The molecule has 0 bridgehead atoms. The third-order valence-electron chi connectivity index (χ3n) is 3.82. The van der Waals surface area contributed by atoms with Crippen molar-refractivity contribution in [3.8, 4) is 0 Å². The molecule has 3 rings (SSSR count). The van der Waals surface area contributed by atoms with Crippen LogP contribution in [0.1, 0.15) is 54.7 Å². The highest BCUT2D eigenvalue weighted by Crippen LogP contribution is 2.37. The number of nitrogens with zero attached hydrogens (tertiary/aromatic N) is 1. The van der Waals surface area contributed by atoms with Gasteiger partial charge in [-0.1, -0.05) is 32.0 Å². The lowest BCUT2D eigenvalue weighted by Gasteiger charge is -2.14. The fraction of sp³-hybridized carbons (Fsp3) is 0.353. The zero-order chi connectivity index (χ0) is 15.0. The molecule has 1 aliphatic rings. The van der Waals surface area contributed by atoms with E-state index in [-0.39, 0.29) is 5.91 Å². The number of halogens is 1. The summed E-state index contributed by atoms with van der Waals surface area (Å²) in [4.78, 5) is 12.6. The van der Waals surface area contributed by atoms with Crippen molar-refractivity contribution in [2.24, 2.45) is 0 Å². The molecule has 1 saturated carbocycles. The highest BCUT2D eigenvalue weighted by Gasteiger charge is 2.28. The number of rotatable bonds is 4. The van der Waals surface area contributed by atoms with Gasteiger partial charge in [0.1, 0.15) is 5.69 Å². The van der Waals surface area contributed by atoms with E-state index in [2.05, 4.69) is 45.7 Å². The van der Waals surface area contributed by atoms with Crippen LogP contribution in [0, 0.1) is 0 Å². The zero-order valence-electron chi connectivity index (χ0n) is 12.3. The molecule has 21 heavy (non-hydrogen) atoms. The number of aromatic nitrogens is 1. The molecular formula is C17H19BrN2O. The van der Waals surface area contributed by atoms with Crippen molar-refractivity contribution in [3.63, 3.8) is 0 Å². The minimum absolute atomic E-state index is 0.0410. The lowest BCUT2D eigenvalue weighted by Crippen LogP contribution is -2.17. The van der Waals surface area contributed by atoms with Gasteiger partial charge in [-0.15, -0.1) is 0 Å². The second kappa shape index (κ2) is 5.68. The Kier molecular flexibility index (Phi) is 3.89. The highest BCUT2D eigenvalue weighted by atomic mass is 79.9. The number of nitrogens with one attached hydrogen (secondary N) is 1. The maximum atomic E-state index is 12.6. The average Bonchev–Trinajstić information content (AvgIpc) is 3.21. The van der Waals surface area contributed by atoms with E-state index in [0.717, 1.165) is 34.3 Å². The molecule has 0 aliphatic heterocycles. The number of anilines is 1. The molecule has 1 amide bonds. The van der Waals surface area contributed by atoms with Crippen LogP contribution in [0.3, 0.4) is 0 Å². The van der Waals surface area contributed by atoms with Gasteiger partial charge in [-0.2, -0.15) is 0 Å². The van der Waals surface area contributed by atoms with E-state index in [4.69, 9.17) is 0 Å². The van der Waals surface area contributed by atoms with Crippen LogP contribution < -0.4 is 5.32 Å². The Bertz CT molecular complexity index is 671. The predicted molar refractivity (Wildman–Crippen MR) is 88.9 cm³/mol. The molecule has 1 aromatic carbocycles. The third-order valence-corrected chi connectivity index (χ3v) is 4.25. The number of hydrogen-bond donors (Lipinski definition) is 1. The first-order chi connectivity index (χ1) is 10.1. The molecular weight excluding hydrogens is 328 g/mol. The fourth-order valence-corrected chi connectivity index (χ4v) is 3.02. The Labute approximate surface area is 133 Å². The van der Waals surface area contributed by atoms with Gasteiger partial charge in [0.05, 0.1) is 0 Å². The van der Waals surface area contributed by atoms with Crippen LogP contribution >= 0.6 is 15.9 Å². The van der Waals surface area contributed by atoms with Crippen molar-refractivity contribution in [3.05, 3.63) is 52.3 Å². The van der Waals surface area contributed by atoms with Crippen LogP contribution in [0.2, 0.25) is 0 Å². The molecule has 0 radical (unpaired) electrons. The van der Waals surface area contributed by atoms with Gasteiger partial charge < -0.3 is 9.88 Å². The molecule has 1 fully saturated rings. The van der Waals surface area contributed by atoms with Crippen LogP contribution in [0.5, 0.6) is 0 Å². The average molecular weight is 347 g/mol. The van der Waals surface area contributed by atoms with Gasteiger partial charge in [-0.3, -0.25) is 4.79 Å². The zero-order valence-corrected chi connectivity index (χ0v) is 13.9. The summed E-state index contributed by atoms with van der Waals surface area (Å²) in [5.41, 5.74) is 2.79. The van der Waals surface area contributed by atoms with E-state index in [1.165, 1.54) is 0 Å². The molecule has 0 unspecified atom stereocenters. The number of hydrogen-bond acceptors (Lipinski definition) is 1. The quantitative estimate of drug-likeness (QED) is 0.833. The van der Waals surface area contributed by atoms with E-state index in [9.17, 15) is 4.79 Å². The molecule has 0 spiro atoms. The molecule has 110 valence electrons. The van der Waals surface area contributed by atoms with Crippen LogP contribution in [0.15, 0.2) is 41.0 Å². The van der Waals surface area contributed by atoms with Gasteiger partial charge in [0, 0.05) is 22.4 Å². The van der Waals surface area contributed by atoms with Crippen LogP contribution in [-0.4, -0.2) is 10.5 Å². The van der Waals surface area contributed by atoms with Crippen LogP contribution in [0.25, 0.3) is 0 Å². The van der Waals surface area contributed by atoms with Gasteiger partial charge >= 0.3 is 0 Å². The summed E-state index contributed by atoms with van der Waals surface area (Å²) >= 11 is 3.47. The Morgan fingerprint density at radius 1 is 1.33 bits per heavy atom. The Balaban J connectivity index is 1.87.